The molecule has 0 aliphatic carbocycles. The topological polar surface area (TPSA) is 35.5 Å². The lowest BCUT2D eigenvalue weighted by atomic mass is 10.2. The molecule has 1 aromatic carbocycles. The molecule has 76 valence electrons. The second-order valence-electron chi connectivity index (χ2n) is 2.40. The zero-order valence-corrected chi connectivity index (χ0v) is 7.37. The molecule has 0 radical (unpaired) electrons. The minimum atomic E-state index is -2.89. The maximum absolute atomic E-state index is 11.8. The van der Waals surface area contributed by atoms with Crippen LogP contribution in [0.15, 0.2) is 18.2 Å². The first-order valence-electron chi connectivity index (χ1n) is 3.75. The summed E-state index contributed by atoms with van der Waals surface area (Å²) >= 11 is 0. The van der Waals surface area contributed by atoms with E-state index in [-0.39, 0.29) is 17.1 Å². The first-order valence-corrected chi connectivity index (χ1v) is 3.75. The Labute approximate surface area is 79.2 Å². The van der Waals surface area contributed by atoms with E-state index in [1.807, 2.05) is 0 Å². The molecule has 0 aromatic heterocycles. The molecule has 14 heavy (non-hydrogen) atoms. The van der Waals surface area contributed by atoms with Gasteiger partial charge in [-0.25, -0.2) is 0 Å². The van der Waals surface area contributed by atoms with Crippen molar-refractivity contribution >= 4 is 6.29 Å². The minimum absolute atomic E-state index is 0.0394. The van der Waals surface area contributed by atoms with Crippen molar-refractivity contribution in [3.8, 4) is 11.5 Å². The highest BCUT2D eigenvalue weighted by molar-refractivity contribution is 5.79. The van der Waals surface area contributed by atoms with Gasteiger partial charge >= 0.3 is 6.61 Å². The molecule has 5 heteroatoms. The average Bonchev–Trinajstić information content (AvgIpc) is 2.16. The van der Waals surface area contributed by atoms with Crippen LogP contribution < -0.4 is 9.47 Å². The summed E-state index contributed by atoms with van der Waals surface area (Å²) in [5.41, 5.74) is 0.286. The summed E-state index contributed by atoms with van der Waals surface area (Å²) in [6.45, 7) is -2.89. The lowest BCUT2D eigenvalue weighted by Gasteiger charge is -2.07. The molecule has 3 nitrogen and oxygen atoms in total. The van der Waals surface area contributed by atoms with Crippen LogP contribution in [0.2, 0.25) is 0 Å². The summed E-state index contributed by atoms with van der Waals surface area (Å²) in [5, 5.41) is 0. The van der Waals surface area contributed by atoms with Gasteiger partial charge in [-0.1, -0.05) is 0 Å². The van der Waals surface area contributed by atoms with Crippen LogP contribution in [0.5, 0.6) is 11.5 Å². The molecule has 0 unspecified atom stereocenters. The number of carbonyl (C=O) groups is 1. The maximum atomic E-state index is 11.8. The third-order valence-electron chi connectivity index (χ3n) is 1.56. The Morgan fingerprint density at radius 2 is 2.14 bits per heavy atom. The maximum Gasteiger partial charge on any atom is 0.387 e. The Morgan fingerprint density at radius 1 is 1.43 bits per heavy atom. The third kappa shape index (κ3) is 2.42. The number of rotatable bonds is 4. The van der Waals surface area contributed by atoms with Gasteiger partial charge in [-0.2, -0.15) is 8.78 Å². The van der Waals surface area contributed by atoms with E-state index in [4.69, 9.17) is 4.74 Å². The monoisotopic (exact) mass is 202 g/mol. The summed E-state index contributed by atoms with van der Waals surface area (Å²) in [4.78, 5) is 10.5. The van der Waals surface area contributed by atoms with Crippen LogP contribution in [0, 0.1) is 0 Å². The van der Waals surface area contributed by atoms with Crippen LogP contribution in [-0.4, -0.2) is 20.0 Å². The van der Waals surface area contributed by atoms with Gasteiger partial charge in [-0.3, -0.25) is 4.79 Å². The van der Waals surface area contributed by atoms with Gasteiger partial charge in [0.05, 0.1) is 12.7 Å². The minimum Gasteiger partial charge on any atom is -0.496 e. The van der Waals surface area contributed by atoms with Gasteiger partial charge in [0, 0.05) is 6.07 Å². The normalized spacial score (nSPS) is 10.0. The number of benzene rings is 1. The standard InChI is InChI=1S/C9H8F2O3/c1-13-8-4-7(14-9(10)11)3-2-6(8)5-12/h2-5,9H,1H3. The van der Waals surface area contributed by atoms with Gasteiger partial charge in [0.15, 0.2) is 6.29 Å². The van der Waals surface area contributed by atoms with Gasteiger partial charge in [0.1, 0.15) is 11.5 Å². The number of aldehydes is 1. The fourth-order valence-corrected chi connectivity index (χ4v) is 0.965. The van der Waals surface area contributed by atoms with E-state index in [0.717, 1.165) is 0 Å². The molecule has 0 spiro atoms. The molecule has 0 atom stereocenters. The van der Waals surface area contributed by atoms with Gasteiger partial charge < -0.3 is 9.47 Å². The number of carbonyl (C=O) groups excluding carboxylic acids is 1. The third-order valence-corrected chi connectivity index (χ3v) is 1.56. The van der Waals surface area contributed by atoms with Crippen molar-refractivity contribution in [3.05, 3.63) is 23.8 Å². The van der Waals surface area contributed by atoms with E-state index < -0.39 is 6.61 Å². The van der Waals surface area contributed by atoms with Gasteiger partial charge in [-0.15, -0.1) is 0 Å². The van der Waals surface area contributed by atoms with Crippen LogP contribution in [0.25, 0.3) is 0 Å². The van der Waals surface area contributed by atoms with E-state index in [1.54, 1.807) is 0 Å². The van der Waals surface area contributed by atoms with Crippen molar-refractivity contribution in [2.75, 3.05) is 7.11 Å². The van der Waals surface area contributed by atoms with Crippen LogP contribution in [0.4, 0.5) is 8.78 Å². The highest BCUT2D eigenvalue weighted by atomic mass is 19.3. The van der Waals surface area contributed by atoms with Gasteiger partial charge in [0.25, 0.3) is 0 Å². The average molecular weight is 202 g/mol. The number of alkyl halides is 2. The molecular formula is C9H8F2O3. The summed E-state index contributed by atoms with van der Waals surface area (Å²) < 4.78 is 32.5. The lowest BCUT2D eigenvalue weighted by Crippen LogP contribution is -2.02. The van der Waals surface area contributed by atoms with E-state index in [0.29, 0.717) is 6.29 Å². The Bertz CT molecular complexity index is 326. The van der Waals surface area contributed by atoms with E-state index in [1.165, 1.54) is 25.3 Å². The summed E-state index contributed by atoms with van der Waals surface area (Å²) in [6.07, 6.45) is 0.574. The molecule has 0 bridgehead atoms. The largest absolute Gasteiger partial charge is 0.496 e. The first kappa shape index (κ1) is 10.4. The highest BCUT2D eigenvalue weighted by Gasteiger charge is 2.07. The van der Waals surface area contributed by atoms with Crippen molar-refractivity contribution in [3.63, 3.8) is 0 Å². The van der Waals surface area contributed by atoms with Crippen LogP contribution in [0.1, 0.15) is 10.4 Å². The highest BCUT2D eigenvalue weighted by Crippen LogP contribution is 2.24. The summed E-state index contributed by atoms with van der Waals surface area (Å²) in [6, 6.07) is 3.86. The molecule has 0 saturated carbocycles. The number of hydrogen-bond acceptors (Lipinski definition) is 3. The predicted octanol–water partition coefficient (Wildman–Crippen LogP) is 2.11. The zero-order valence-electron chi connectivity index (χ0n) is 7.37. The molecular weight excluding hydrogens is 194 g/mol. The molecule has 0 saturated heterocycles. The molecule has 0 N–H and O–H groups in total. The molecule has 0 amide bonds. The van der Waals surface area contributed by atoms with Gasteiger partial charge in [-0.05, 0) is 12.1 Å². The second-order valence-corrected chi connectivity index (χ2v) is 2.40. The molecule has 0 fully saturated rings. The van der Waals surface area contributed by atoms with Crippen LogP contribution in [-0.2, 0) is 0 Å². The number of hydrogen-bond donors (Lipinski definition) is 0. The van der Waals surface area contributed by atoms with Crippen molar-refractivity contribution in [1.82, 2.24) is 0 Å². The summed E-state index contributed by atoms with van der Waals surface area (Å²) in [7, 11) is 1.34. The predicted molar refractivity (Wildman–Crippen MR) is 45.0 cm³/mol. The van der Waals surface area contributed by atoms with Crippen LogP contribution >= 0.6 is 0 Å². The van der Waals surface area contributed by atoms with Gasteiger partial charge in [0.2, 0.25) is 0 Å². The quantitative estimate of drug-likeness (QED) is 0.701. The molecule has 1 aromatic rings. The smallest absolute Gasteiger partial charge is 0.387 e. The second kappa shape index (κ2) is 4.55. The molecule has 1 rings (SSSR count). The molecule has 0 aliphatic heterocycles. The SMILES string of the molecule is COc1cc(OC(F)F)ccc1C=O. The first-order chi connectivity index (χ1) is 6.67. The van der Waals surface area contributed by atoms with Crippen molar-refractivity contribution in [2.45, 2.75) is 6.61 Å². The molecule has 0 heterocycles. The van der Waals surface area contributed by atoms with E-state index in [2.05, 4.69) is 4.74 Å². The number of ether oxygens (including phenoxy) is 2. The van der Waals surface area contributed by atoms with E-state index >= 15 is 0 Å². The van der Waals surface area contributed by atoms with Crippen molar-refractivity contribution in [2.24, 2.45) is 0 Å². The number of halogens is 2. The van der Waals surface area contributed by atoms with E-state index in [9.17, 15) is 13.6 Å². The Hall–Kier alpha value is -1.65. The fourth-order valence-electron chi connectivity index (χ4n) is 0.965. The molecule has 0 aliphatic rings. The van der Waals surface area contributed by atoms with Crippen LogP contribution in [0.3, 0.4) is 0 Å². The summed E-state index contributed by atoms with van der Waals surface area (Å²) in [5.74, 6) is 0.167. The van der Waals surface area contributed by atoms with Crippen molar-refractivity contribution < 1.29 is 23.0 Å². The Balaban J connectivity index is 2.95. The Morgan fingerprint density at radius 3 is 2.64 bits per heavy atom. The zero-order chi connectivity index (χ0) is 10.6. The number of methoxy groups -OCH3 is 1. The lowest BCUT2D eigenvalue weighted by molar-refractivity contribution is -0.0499. The Kier molecular flexibility index (Phi) is 3.39. The fraction of sp³-hybridized carbons (Fsp3) is 0.222. The van der Waals surface area contributed by atoms with Crippen molar-refractivity contribution in [1.29, 1.82) is 0 Å².